The van der Waals surface area contributed by atoms with Crippen LogP contribution in [-0.2, 0) is 6.18 Å². The molecule has 0 bridgehead atoms. The number of halogens is 3. The molecule has 0 saturated heterocycles. The van der Waals surface area contributed by atoms with Crippen molar-refractivity contribution in [1.82, 2.24) is 15.0 Å². The van der Waals surface area contributed by atoms with E-state index >= 15 is 0 Å². The van der Waals surface area contributed by atoms with Crippen molar-refractivity contribution in [3.05, 3.63) is 60.3 Å². The zero-order chi connectivity index (χ0) is 19.7. The number of para-hydroxylation sites is 1. The van der Waals surface area contributed by atoms with E-state index in [4.69, 9.17) is 4.74 Å². The van der Waals surface area contributed by atoms with Crippen molar-refractivity contribution in [1.29, 1.82) is 0 Å². The standard InChI is InChI=1S/C19H13F3N4OS/c1-27-12-8-6-11(7-9-12)14-10-16(19(20,21)22)25-17(23-14)26-18-24-13-4-2-3-5-15(13)28-18/h2-10H,1H3,(H,23,24,25,26). The van der Waals surface area contributed by atoms with E-state index in [0.29, 0.717) is 16.4 Å². The predicted octanol–water partition coefficient (Wildman–Crippen LogP) is 5.52. The number of aromatic nitrogens is 3. The van der Waals surface area contributed by atoms with Gasteiger partial charge in [-0.1, -0.05) is 23.5 Å². The average Bonchev–Trinajstić information content (AvgIpc) is 3.09. The molecule has 0 amide bonds. The lowest BCUT2D eigenvalue weighted by Gasteiger charge is -2.11. The maximum absolute atomic E-state index is 13.3. The highest BCUT2D eigenvalue weighted by Crippen LogP contribution is 2.33. The lowest BCUT2D eigenvalue weighted by Crippen LogP contribution is -2.11. The van der Waals surface area contributed by atoms with E-state index < -0.39 is 11.9 Å². The van der Waals surface area contributed by atoms with Gasteiger partial charge >= 0.3 is 6.18 Å². The quantitative estimate of drug-likeness (QED) is 0.487. The lowest BCUT2D eigenvalue weighted by molar-refractivity contribution is -0.141. The molecule has 0 saturated carbocycles. The van der Waals surface area contributed by atoms with Gasteiger partial charge in [0.05, 0.1) is 23.0 Å². The number of nitrogens with one attached hydrogen (secondary N) is 1. The Bertz CT molecular complexity index is 1090. The molecule has 2 heterocycles. The van der Waals surface area contributed by atoms with Crippen molar-refractivity contribution in [2.24, 2.45) is 0 Å². The Kier molecular flexibility index (Phi) is 4.60. The fourth-order valence-electron chi connectivity index (χ4n) is 2.58. The van der Waals surface area contributed by atoms with Gasteiger partial charge in [-0.25, -0.2) is 15.0 Å². The molecule has 9 heteroatoms. The second-order valence-electron chi connectivity index (χ2n) is 5.80. The molecule has 2 aromatic heterocycles. The monoisotopic (exact) mass is 402 g/mol. The summed E-state index contributed by atoms with van der Waals surface area (Å²) in [7, 11) is 1.52. The third-order valence-corrected chi connectivity index (χ3v) is 4.87. The number of hydrogen-bond donors (Lipinski definition) is 1. The van der Waals surface area contributed by atoms with Gasteiger partial charge in [0.2, 0.25) is 5.95 Å². The third-order valence-electron chi connectivity index (χ3n) is 3.91. The number of benzene rings is 2. The second-order valence-corrected chi connectivity index (χ2v) is 6.83. The van der Waals surface area contributed by atoms with E-state index in [1.54, 1.807) is 24.3 Å². The molecule has 0 unspecified atom stereocenters. The molecule has 142 valence electrons. The summed E-state index contributed by atoms with van der Waals surface area (Å²) >= 11 is 1.31. The van der Waals surface area contributed by atoms with Gasteiger partial charge in [-0.05, 0) is 42.5 Å². The number of rotatable bonds is 4. The molecule has 0 radical (unpaired) electrons. The van der Waals surface area contributed by atoms with Gasteiger partial charge in [0.25, 0.3) is 0 Å². The van der Waals surface area contributed by atoms with E-state index in [1.165, 1.54) is 18.4 Å². The summed E-state index contributed by atoms with van der Waals surface area (Å²) < 4.78 is 46.0. The SMILES string of the molecule is COc1ccc(-c2cc(C(F)(F)F)nc(Nc3nc4ccccc4s3)n2)cc1. The number of ether oxygens (including phenoxy) is 1. The molecule has 2 aromatic carbocycles. The van der Waals surface area contributed by atoms with Crippen molar-refractivity contribution in [3.8, 4) is 17.0 Å². The fourth-order valence-corrected chi connectivity index (χ4v) is 3.44. The van der Waals surface area contributed by atoms with Crippen LogP contribution in [0.15, 0.2) is 54.6 Å². The van der Waals surface area contributed by atoms with Gasteiger partial charge in [-0.15, -0.1) is 0 Å². The topological polar surface area (TPSA) is 59.9 Å². The summed E-state index contributed by atoms with van der Waals surface area (Å²) in [6, 6.07) is 14.9. The highest BCUT2D eigenvalue weighted by atomic mass is 32.1. The lowest BCUT2D eigenvalue weighted by atomic mass is 10.1. The van der Waals surface area contributed by atoms with Gasteiger partial charge in [0.15, 0.2) is 10.8 Å². The molecular weight excluding hydrogens is 389 g/mol. The second kappa shape index (κ2) is 7.08. The minimum atomic E-state index is -4.60. The molecular formula is C19H13F3N4OS. The molecule has 4 rings (SSSR count). The number of fused-ring (bicyclic) bond motifs is 1. The molecule has 0 atom stereocenters. The van der Waals surface area contributed by atoms with Crippen LogP contribution in [0.1, 0.15) is 5.69 Å². The number of methoxy groups -OCH3 is 1. The van der Waals surface area contributed by atoms with Crippen molar-refractivity contribution in [3.63, 3.8) is 0 Å². The number of anilines is 2. The van der Waals surface area contributed by atoms with E-state index in [2.05, 4.69) is 20.3 Å². The van der Waals surface area contributed by atoms with Gasteiger partial charge in [-0.2, -0.15) is 13.2 Å². The summed E-state index contributed by atoms with van der Waals surface area (Å²) in [4.78, 5) is 12.2. The smallest absolute Gasteiger partial charge is 0.433 e. The Morgan fingerprint density at radius 3 is 2.39 bits per heavy atom. The van der Waals surface area contributed by atoms with Gasteiger partial charge in [-0.3, -0.25) is 5.32 Å². The van der Waals surface area contributed by atoms with Crippen LogP contribution in [0, 0.1) is 0 Å². The largest absolute Gasteiger partial charge is 0.497 e. The van der Waals surface area contributed by atoms with Crippen molar-refractivity contribution in [2.45, 2.75) is 6.18 Å². The zero-order valence-corrected chi connectivity index (χ0v) is 15.3. The van der Waals surface area contributed by atoms with Crippen LogP contribution >= 0.6 is 11.3 Å². The predicted molar refractivity (Wildman–Crippen MR) is 102 cm³/mol. The normalized spacial score (nSPS) is 11.6. The Morgan fingerprint density at radius 2 is 1.71 bits per heavy atom. The first-order valence-corrected chi connectivity index (χ1v) is 8.97. The Morgan fingerprint density at radius 1 is 0.964 bits per heavy atom. The Labute approximate surface area is 161 Å². The molecule has 1 N–H and O–H groups in total. The van der Waals surface area contributed by atoms with Crippen molar-refractivity contribution >= 4 is 32.6 Å². The number of nitrogens with zero attached hydrogens (tertiary/aromatic N) is 3. The summed E-state index contributed by atoms with van der Waals surface area (Å²) in [5.41, 5.74) is 0.379. The molecule has 0 aliphatic heterocycles. The summed E-state index contributed by atoms with van der Waals surface area (Å²) in [5.74, 6) is 0.432. The number of thiazole rings is 1. The van der Waals surface area contributed by atoms with E-state index in [9.17, 15) is 13.2 Å². The first kappa shape index (κ1) is 18.2. The number of hydrogen-bond acceptors (Lipinski definition) is 6. The zero-order valence-electron chi connectivity index (χ0n) is 14.5. The molecule has 0 aliphatic carbocycles. The molecule has 0 spiro atoms. The van der Waals surface area contributed by atoms with Crippen molar-refractivity contribution < 1.29 is 17.9 Å². The molecule has 0 fully saturated rings. The van der Waals surface area contributed by atoms with E-state index in [1.807, 2.05) is 24.3 Å². The molecule has 4 aromatic rings. The van der Waals surface area contributed by atoms with Crippen LogP contribution in [0.5, 0.6) is 5.75 Å². The summed E-state index contributed by atoms with van der Waals surface area (Å²) in [5, 5.41) is 3.22. The van der Waals surface area contributed by atoms with Crippen LogP contribution in [0.25, 0.3) is 21.5 Å². The van der Waals surface area contributed by atoms with Gasteiger partial charge in [0.1, 0.15) is 5.75 Å². The van der Waals surface area contributed by atoms with Crippen LogP contribution in [0.2, 0.25) is 0 Å². The van der Waals surface area contributed by atoms with E-state index in [0.717, 1.165) is 16.3 Å². The van der Waals surface area contributed by atoms with Crippen LogP contribution < -0.4 is 10.1 Å². The molecule has 5 nitrogen and oxygen atoms in total. The van der Waals surface area contributed by atoms with Gasteiger partial charge < -0.3 is 4.74 Å². The minimum absolute atomic E-state index is 0.147. The summed E-state index contributed by atoms with van der Waals surface area (Å²) in [6.45, 7) is 0. The molecule has 28 heavy (non-hydrogen) atoms. The van der Waals surface area contributed by atoms with Crippen LogP contribution in [0.4, 0.5) is 24.3 Å². The van der Waals surface area contributed by atoms with Crippen molar-refractivity contribution in [2.75, 3.05) is 12.4 Å². The maximum atomic E-state index is 13.3. The van der Waals surface area contributed by atoms with Crippen LogP contribution in [0.3, 0.4) is 0 Å². The Hall–Kier alpha value is -3.20. The number of alkyl halides is 3. The van der Waals surface area contributed by atoms with Crippen LogP contribution in [-0.4, -0.2) is 22.1 Å². The summed E-state index contributed by atoms with van der Waals surface area (Å²) in [6.07, 6.45) is -4.60. The first-order chi connectivity index (χ1) is 13.4. The van der Waals surface area contributed by atoms with Gasteiger partial charge in [0, 0.05) is 5.56 Å². The molecule has 0 aliphatic rings. The van der Waals surface area contributed by atoms with E-state index in [-0.39, 0.29) is 11.6 Å². The fraction of sp³-hybridized carbons (Fsp3) is 0.105. The minimum Gasteiger partial charge on any atom is -0.497 e. The maximum Gasteiger partial charge on any atom is 0.433 e. The Balaban J connectivity index is 1.74. The highest BCUT2D eigenvalue weighted by Gasteiger charge is 2.34. The highest BCUT2D eigenvalue weighted by molar-refractivity contribution is 7.22. The first-order valence-electron chi connectivity index (χ1n) is 8.16. The third kappa shape index (κ3) is 3.74. The average molecular weight is 402 g/mol.